The van der Waals surface area contributed by atoms with Gasteiger partial charge in [0.05, 0.1) is 0 Å². The highest BCUT2D eigenvalue weighted by molar-refractivity contribution is 5.81. The van der Waals surface area contributed by atoms with Crippen molar-refractivity contribution < 1.29 is 0 Å². The molecule has 0 saturated heterocycles. The maximum Gasteiger partial charge on any atom is -0.0184 e. The second-order valence-corrected chi connectivity index (χ2v) is 10.7. The van der Waals surface area contributed by atoms with Gasteiger partial charge < -0.3 is 0 Å². The van der Waals surface area contributed by atoms with Gasteiger partial charge in [-0.25, -0.2) is 0 Å². The predicted molar refractivity (Wildman–Crippen MR) is 193 cm³/mol. The molecule has 0 aliphatic heterocycles. The fraction of sp³-hybridized carbons (Fsp3) is 0. The zero-order valence-corrected chi connectivity index (χ0v) is 24.6. The minimum absolute atomic E-state index is 1.18. The first-order chi connectivity index (χ1) is 21.8. The molecule has 0 heterocycles. The van der Waals surface area contributed by atoms with E-state index in [1.54, 1.807) is 0 Å². The summed E-state index contributed by atoms with van der Waals surface area (Å²) in [4.78, 5) is 0. The monoisotopic (exact) mass is 562 g/mol. The van der Waals surface area contributed by atoms with Crippen LogP contribution in [0.25, 0.3) is 59.7 Å². The van der Waals surface area contributed by atoms with Crippen LogP contribution in [0.2, 0.25) is 0 Å². The second-order valence-electron chi connectivity index (χ2n) is 10.7. The molecule has 0 N–H and O–H groups in total. The van der Waals surface area contributed by atoms with Crippen molar-refractivity contribution in [2.24, 2.45) is 0 Å². The summed E-state index contributed by atoms with van der Waals surface area (Å²) in [7, 11) is 0. The zero-order valence-electron chi connectivity index (χ0n) is 24.6. The SMILES string of the molecule is C(=Cc1ccccc1C=Cc1ccc(-c2ccc(C=Cc3ccccc3C=Cc3ccccc3)cc2)cc1)c1ccccc1. The lowest BCUT2D eigenvalue weighted by Gasteiger charge is -2.05. The van der Waals surface area contributed by atoms with Crippen LogP contribution < -0.4 is 0 Å². The lowest BCUT2D eigenvalue weighted by molar-refractivity contribution is 1.58. The van der Waals surface area contributed by atoms with Crippen molar-refractivity contribution in [2.75, 3.05) is 0 Å². The fourth-order valence-electron chi connectivity index (χ4n) is 5.07. The highest BCUT2D eigenvalue weighted by atomic mass is 14.0. The topological polar surface area (TPSA) is 0 Å². The third-order valence-corrected chi connectivity index (χ3v) is 7.57. The Morgan fingerprint density at radius 1 is 0.205 bits per heavy atom. The Bertz CT molecular complexity index is 1760. The van der Waals surface area contributed by atoms with Crippen molar-refractivity contribution in [3.05, 3.63) is 202 Å². The first-order valence-electron chi connectivity index (χ1n) is 15.0. The van der Waals surface area contributed by atoms with Crippen LogP contribution >= 0.6 is 0 Å². The largest absolute Gasteiger partial charge is 0.0622 e. The molecule has 6 aromatic carbocycles. The fourth-order valence-corrected chi connectivity index (χ4v) is 5.07. The number of hydrogen-bond donors (Lipinski definition) is 0. The summed E-state index contributed by atoms with van der Waals surface area (Å²) in [6, 6.07) is 55.3. The van der Waals surface area contributed by atoms with Crippen LogP contribution in [0.15, 0.2) is 158 Å². The molecule has 0 heteroatoms. The van der Waals surface area contributed by atoms with E-state index in [9.17, 15) is 0 Å². The van der Waals surface area contributed by atoms with Crippen LogP contribution in [-0.4, -0.2) is 0 Å². The molecule has 0 amide bonds. The van der Waals surface area contributed by atoms with E-state index in [0.29, 0.717) is 0 Å². The lowest BCUT2D eigenvalue weighted by atomic mass is 10.0. The van der Waals surface area contributed by atoms with Gasteiger partial charge in [0.1, 0.15) is 0 Å². The molecule has 0 saturated carbocycles. The first kappa shape index (κ1) is 28.4. The van der Waals surface area contributed by atoms with E-state index in [1.807, 2.05) is 12.1 Å². The quantitative estimate of drug-likeness (QED) is 0.154. The van der Waals surface area contributed by atoms with Crippen molar-refractivity contribution in [3.8, 4) is 11.1 Å². The Morgan fingerprint density at radius 2 is 0.455 bits per heavy atom. The van der Waals surface area contributed by atoms with Gasteiger partial charge >= 0.3 is 0 Å². The smallest absolute Gasteiger partial charge is 0.0184 e. The van der Waals surface area contributed by atoms with Gasteiger partial charge in [0, 0.05) is 0 Å². The van der Waals surface area contributed by atoms with E-state index >= 15 is 0 Å². The van der Waals surface area contributed by atoms with Gasteiger partial charge in [-0.1, -0.05) is 206 Å². The van der Waals surface area contributed by atoms with Crippen molar-refractivity contribution in [1.82, 2.24) is 0 Å². The van der Waals surface area contributed by atoms with E-state index in [0.717, 1.165) is 0 Å². The van der Waals surface area contributed by atoms with Crippen LogP contribution in [0.5, 0.6) is 0 Å². The molecule has 0 spiro atoms. The Morgan fingerprint density at radius 3 is 0.750 bits per heavy atom. The molecule has 210 valence electrons. The van der Waals surface area contributed by atoms with Gasteiger partial charge in [0.2, 0.25) is 0 Å². The summed E-state index contributed by atoms with van der Waals surface area (Å²) < 4.78 is 0. The van der Waals surface area contributed by atoms with Crippen molar-refractivity contribution in [3.63, 3.8) is 0 Å². The molecular formula is C44H34. The number of rotatable bonds is 9. The average Bonchev–Trinajstić information content (AvgIpc) is 3.10. The molecule has 0 aliphatic carbocycles. The summed E-state index contributed by atoms with van der Waals surface area (Å²) >= 11 is 0. The standard InChI is InChI=1S/C44H34/c1-3-11-35(12-4-1)19-27-39-15-7-9-17-41(39)29-21-37-23-31-43(32-24-37)44-33-25-38(26-34-44)22-30-42-18-10-8-16-40(42)28-20-36-13-5-2-6-14-36/h1-34H. The van der Waals surface area contributed by atoms with E-state index in [4.69, 9.17) is 0 Å². The normalized spacial score (nSPS) is 11.7. The Hall–Kier alpha value is -5.72. The Labute approximate surface area is 261 Å². The zero-order chi connectivity index (χ0) is 29.8. The van der Waals surface area contributed by atoms with E-state index in [2.05, 4.69) is 194 Å². The summed E-state index contributed by atoms with van der Waals surface area (Å²) in [6.45, 7) is 0. The summed E-state index contributed by atoms with van der Waals surface area (Å²) in [5.74, 6) is 0. The molecule has 0 bridgehead atoms. The van der Waals surface area contributed by atoms with Gasteiger partial charge in [0.25, 0.3) is 0 Å². The molecule has 0 atom stereocenters. The number of hydrogen-bond acceptors (Lipinski definition) is 0. The molecule has 0 radical (unpaired) electrons. The molecule has 0 aliphatic rings. The highest BCUT2D eigenvalue weighted by Gasteiger charge is 2.00. The van der Waals surface area contributed by atoms with Crippen LogP contribution in [0, 0.1) is 0 Å². The van der Waals surface area contributed by atoms with Crippen LogP contribution in [-0.2, 0) is 0 Å². The third kappa shape index (κ3) is 7.76. The number of benzene rings is 6. The van der Waals surface area contributed by atoms with Gasteiger partial charge in [-0.2, -0.15) is 0 Å². The molecular weight excluding hydrogens is 528 g/mol. The summed E-state index contributed by atoms with van der Waals surface area (Å²) in [5.41, 5.74) is 12.0. The lowest BCUT2D eigenvalue weighted by Crippen LogP contribution is -1.82. The molecule has 0 unspecified atom stereocenters. The van der Waals surface area contributed by atoms with Gasteiger partial charge in [-0.05, 0) is 55.6 Å². The third-order valence-electron chi connectivity index (χ3n) is 7.57. The van der Waals surface area contributed by atoms with Crippen LogP contribution in [0.3, 0.4) is 0 Å². The molecule has 44 heavy (non-hydrogen) atoms. The molecule has 6 aromatic rings. The predicted octanol–water partition coefficient (Wildman–Crippen LogP) is 12.0. The van der Waals surface area contributed by atoms with Crippen LogP contribution in [0.4, 0.5) is 0 Å². The van der Waals surface area contributed by atoms with E-state index < -0.39 is 0 Å². The molecule has 0 aromatic heterocycles. The minimum Gasteiger partial charge on any atom is -0.0622 e. The van der Waals surface area contributed by atoms with Gasteiger partial charge in [-0.3, -0.25) is 0 Å². The molecule has 6 rings (SSSR count). The highest BCUT2D eigenvalue weighted by Crippen LogP contribution is 2.23. The second kappa shape index (κ2) is 14.4. The Balaban J connectivity index is 1.11. The van der Waals surface area contributed by atoms with Crippen molar-refractivity contribution in [2.45, 2.75) is 0 Å². The Kier molecular flexibility index (Phi) is 9.33. The molecule has 0 fully saturated rings. The average molecular weight is 563 g/mol. The van der Waals surface area contributed by atoms with Gasteiger partial charge in [-0.15, -0.1) is 0 Å². The van der Waals surface area contributed by atoms with Crippen molar-refractivity contribution >= 4 is 48.6 Å². The molecule has 0 nitrogen and oxygen atoms in total. The van der Waals surface area contributed by atoms with E-state index in [1.165, 1.54) is 55.6 Å². The minimum atomic E-state index is 1.18. The maximum absolute atomic E-state index is 2.20. The van der Waals surface area contributed by atoms with E-state index in [-0.39, 0.29) is 0 Å². The first-order valence-corrected chi connectivity index (χ1v) is 15.0. The van der Waals surface area contributed by atoms with Crippen molar-refractivity contribution in [1.29, 1.82) is 0 Å². The van der Waals surface area contributed by atoms with Gasteiger partial charge in [0.15, 0.2) is 0 Å². The van der Waals surface area contributed by atoms with Crippen LogP contribution in [0.1, 0.15) is 44.5 Å². The summed E-state index contributed by atoms with van der Waals surface area (Å²) in [5, 5.41) is 0. The maximum atomic E-state index is 2.20. The summed E-state index contributed by atoms with van der Waals surface area (Å²) in [6.07, 6.45) is 17.4.